The molecule has 1 unspecified atom stereocenters. The number of imidazole rings is 1. The second-order valence-corrected chi connectivity index (χ2v) is 8.45. The lowest BCUT2D eigenvalue weighted by molar-refractivity contribution is 0.522. The number of sulfone groups is 1. The number of benzene rings is 1. The molecule has 4 nitrogen and oxygen atoms in total. The molecule has 0 saturated heterocycles. The number of hydrogen-bond acceptors (Lipinski definition) is 3. The molecular weight excluding hydrogens is 296 g/mol. The maximum atomic E-state index is 11.9. The van der Waals surface area contributed by atoms with E-state index in [1.165, 1.54) is 6.26 Å². The van der Waals surface area contributed by atoms with Gasteiger partial charge >= 0.3 is 0 Å². The number of para-hydroxylation sites is 1. The van der Waals surface area contributed by atoms with E-state index in [0.29, 0.717) is 5.52 Å². The van der Waals surface area contributed by atoms with Gasteiger partial charge in [0.05, 0.1) is 15.8 Å². The molecule has 0 bridgehead atoms. The van der Waals surface area contributed by atoms with Gasteiger partial charge in [0.2, 0.25) is 0 Å². The summed E-state index contributed by atoms with van der Waals surface area (Å²) in [5, 5.41) is -0.257. The molecule has 1 saturated carbocycles. The van der Waals surface area contributed by atoms with E-state index in [9.17, 15) is 8.42 Å². The summed E-state index contributed by atoms with van der Waals surface area (Å²) in [5.41, 5.74) is 1.41. The van der Waals surface area contributed by atoms with Crippen LogP contribution < -0.4 is 0 Å². The minimum atomic E-state index is -3.30. The number of rotatable bonds is 3. The summed E-state index contributed by atoms with van der Waals surface area (Å²) < 4.78 is 26.0. The number of halogens is 1. The van der Waals surface area contributed by atoms with Crippen LogP contribution in [0, 0.1) is 0 Å². The maximum Gasteiger partial charge on any atom is 0.177 e. The molecule has 1 atom stereocenters. The van der Waals surface area contributed by atoms with Crippen LogP contribution in [0.3, 0.4) is 0 Å². The monoisotopic (exact) mass is 312 g/mol. The van der Waals surface area contributed by atoms with Gasteiger partial charge in [-0.05, 0) is 38.8 Å². The molecule has 0 N–H and O–H groups in total. The van der Waals surface area contributed by atoms with Crippen molar-refractivity contribution in [3.63, 3.8) is 0 Å². The van der Waals surface area contributed by atoms with Crippen molar-refractivity contribution in [1.29, 1.82) is 0 Å². The number of nitrogens with zero attached hydrogens (tertiary/aromatic N) is 2. The fourth-order valence-electron chi connectivity index (χ4n) is 2.63. The molecular formula is C14H17ClN2O2S. The molecule has 108 valence electrons. The van der Waals surface area contributed by atoms with E-state index in [1.54, 1.807) is 12.1 Å². The summed E-state index contributed by atoms with van der Waals surface area (Å²) in [7, 11) is -3.30. The third-order valence-electron chi connectivity index (χ3n) is 3.94. The summed E-state index contributed by atoms with van der Waals surface area (Å²) in [4.78, 5) is 4.81. The zero-order valence-electron chi connectivity index (χ0n) is 11.7. The molecule has 6 heteroatoms. The normalized spacial score (nSPS) is 19.2. The van der Waals surface area contributed by atoms with E-state index in [2.05, 4.69) is 16.5 Å². The van der Waals surface area contributed by atoms with Crippen molar-refractivity contribution < 1.29 is 8.42 Å². The van der Waals surface area contributed by atoms with Crippen LogP contribution in [0.2, 0.25) is 0 Å². The lowest BCUT2D eigenvalue weighted by Crippen LogP contribution is -2.16. The maximum absolute atomic E-state index is 11.9. The van der Waals surface area contributed by atoms with Gasteiger partial charge in [-0.3, -0.25) is 0 Å². The van der Waals surface area contributed by atoms with E-state index in [0.717, 1.165) is 24.2 Å². The molecule has 0 aliphatic heterocycles. The molecule has 1 aromatic carbocycles. The lowest BCUT2D eigenvalue weighted by atomic mass is 10.2. The Bertz CT molecular complexity index is 789. The predicted molar refractivity (Wildman–Crippen MR) is 80.0 cm³/mol. The van der Waals surface area contributed by atoms with Gasteiger partial charge in [0.1, 0.15) is 11.3 Å². The van der Waals surface area contributed by atoms with Crippen LogP contribution in [0.25, 0.3) is 11.0 Å². The molecule has 0 radical (unpaired) electrons. The van der Waals surface area contributed by atoms with Crippen LogP contribution in [0.1, 0.15) is 37.9 Å². The van der Waals surface area contributed by atoms with E-state index < -0.39 is 9.84 Å². The summed E-state index contributed by atoms with van der Waals surface area (Å²) in [6.45, 7) is 4.02. The van der Waals surface area contributed by atoms with Gasteiger partial charge in [-0.25, -0.2) is 13.4 Å². The number of aromatic nitrogens is 2. The highest BCUT2D eigenvalue weighted by molar-refractivity contribution is 7.91. The van der Waals surface area contributed by atoms with Gasteiger partial charge in [-0.15, -0.1) is 11.6 Å². The predicted octanol–water partition coefficient (Wildman–Crippen LogP) is 3.25. The molecule has 1 fully saturated rings. The van der Waals surface area contributed by atoms with Crippen molar-refractivity contribution >= 4 is 32.5 Å². The summed E-state index contributed by atoms with van der Waals surface area (Å²) in [6, 6.07) is 5.29. The SMILES string of the molecule is CC(Cl)c1nc2c(S(C)(=O)=O)cccc2n1C1(C)CC1. The van der Waals surface area contributed by atoms with Gasteiger partial charge in [-0.2, -0.15) is 0 Å². The Morgan fingerprint density at radius 3 is 2.55 bits per heavy atom. The quantitative estimate of drug-likeness (QED) is 0.817. The topological polar surface area (TPSA) is 52.0 Å². The van der Waals surface area contributed by atoms with Crippen molar-refractivity contribution in [3.05, 3.63) is 24.0 Å². The van der Waals surface area contributed by atoms with Crippen LogP contribution in [0.5, 0.6) is 0 Å². The fourth-order valence-corrected chi connectivity index (χ4v) is 3.60. The van der Waals surface area contributed by atoms with E-state index >= 15 is 0 Å². The molecule has 1 aromatic heterocycles. The highest BCUT2D eigenvalue weighted by Gasteiger charge is 2.42. The fraction of sp³-hybridized carbons (Fsp3) is 0.500. The first-order chi connectivity index (χ1) is 9.24. The Balaban J connectivity index is 2.41. The number of alkyl halides is 1. The zero-order chi connectivity index (χ0) is 14.7. The highest BCUT2D eigenvalue weighted by Crippen LogP contribution is 2.47. The van der Waals surface area contributed by atoms with E-state index in [-0.39, 0.29) is 15.8 Å². The minimum Gasteiger partial charge on any atom is -0.321 e. The molecule has 1 aliphatic carbocycles. The third kappa shape index (κ3) is 2.04. The Kier molecular flexibility index (Phi) is 2.93. The zero-order valence-corrected chi connectivity index (χ0v) is 13.3. The van der Waals surface area contributed by atoms with Crippen LogP contribution in [-0.2, 0) is 15.4 Å². The van der Waals surface area contributed by atoms with Crippen molar-refractivity contribution in [1.82, 2.24) is 9.55 Å². The molecule has 0 spiro atoms. The average Bonchev–Trinajstić information content (AvgIpc) is 2.95. The summed E-state index contributed by atoms with van der Waals surface area (Å²) >= 11 is 6.25. The Morgan fingerprint density at radius 2 is 2.05 bits per heavy atom. The third-order valence-corrected chi connectivity index (χ3v) is 5.27. The summed E-state index contributed by atoms with van der Waals surface area (Å²) in [5.74, 6) is 0.748. The van der Waals surface area contributed by atoms with Crippen LogP contribution in [-0.4, -0.2) is 24.2 Å². The second-order valence-electron chi connectivity index (χ2n) is 5.81. The van der Waals surface area contributed by atoms with Crippen molar-refractivity contribution in [2.75, 3.05) is 6.26 Å². The van der Waals surface area contributed by atoms with Crippen molar-refractivity contribution in [2.45, 2.75) is 42.5 Å². The van der Waals surface area contributed by atoms with Crippen molar-refractivity contribution in [2.24, 2.45) is 0 Å². The van der Waals surface area contributed by atoms with Crippen LogP contribution in [0.4, 0.5) is 0 Å². The first-order valence-corrected chi connectivity index (χ1v) is 8.93. The van der Waals surface area contributed by atoms with Gasteiger partial charge in [0, 0.05) is 11.8 Å². The molecule has 1 aliphatic rings. The minimum absolute atomic E-state index is 0.0172. The molecule has 3 rings (SSSR count). The van der Waals surface area contributed by atoms with Gasteiger partial charge < -0.3 is 4.57 Å². The van der Waals surface area contributed by atoms with Crippen LogP contribution in [0.15, 0.2) is 23.1 Å². The first kappa shape index (κ1) is 13.9. The molecule has 20 heavy (non-hydrogen) atoms. The van der Waals surface area contributed by atoms with E-state index in [4.69, 9.17) is 11.6 Å². The molecule has 1 heterocycles. The lowest BCUT2D eigenvalue weighted by Gasteiger charge is -2.17. The van der Waals surface area contributed by atoms with E-state index in [1.807, 2.05) is 13.0 Å². The van der Waals surface area contributed by atoms with Gasteiger partial charge in [0.15, 0.2) is 9.84 Å². The van der Waals surface area contributed by atoms with Crippen molar-refractivity contribution in [3.8, 4) is 0 Å². The standard InChI is InChI=1S/C14H17ClN2O2S/c1-9(15)13-16-12-10(17(13)14(2)7-8-14)5-4-6-11(12)20(3,18)19/h4-6,9H,7-8H2,1-3H3. The Hall–Kier alpha value is -1.07. The van der Waals surface area contributed by atoms with Crippen LogP contribution >= 0.6 is 11.6 Å². The Morgan fingerprint density at radius 1 is 1.40 bits per heavy atom. The second kappa shape index (κ2) is 4.21. The van der Waals surface area contributed by atoms with Gasteiger partial charge in [-0.1, -0.05) is 6.07 Å². The largest absolute Gasteiger partial charge is 0.321 e. The molecule has 0 amide bonds. The molecule has 2 aromatic rings. The number of hydrogen-bond donors (Lipinski definition) is 0. The summed E-state index contributed by atoms with van der Waals surface area (Å²) in [6.07, 6.45) is 3.35. The first-order valence-electron chi connectivity index (χ1n) is 6.60. The average molecular weight is 313 g/mol. The number of fused-ring (bicyclic) bond motifs is 1. The highest BCUT2D eigenvalue weighted by atomic mass is 35.5. The van der Waals surface area contributed by atoms with Gasteiger partial charge in [0.25, 0.3) is 0 Å². The Labute approximate surface area is 123 Å². The smallest absolute Gasteiger partial charge is 0.177 e.